The predicted molar refractivity (Wildman–Crippen MR) is 74.6 cm³/mol. The Hall–Kier alpha value is -2.80. The third-order valence-electron chi connectivity index (χ3n) is 2.73. The molecule has 0 atom stereocenters. The van der Waals surface area contributed by atoms with Gasteiger partial charge in [0.25, 0.3) is 11.4 Å². The number of carbonyl (C=O) groups is 1. The lowest BCUT2D eigenvalue weighted by Gasteiger charge is -2.04. The van der Waals surface area contributed by atoms with E-state index in [1.807, 2.05) is 0 Å². The van der Waals surface area contributed by atoms with Gasteiger partial charge in [-0.2, -0.15) is 0 Å². The maximum atomic E-state index is 12.3. The minimum atomic E-state index is -0.864. The number of benzene rings is 2. The summed E-state index contributed by atoms with van der Waals surface area (Å²) in [4.78, 5) is 32.3. The van der Waals surface area contributed by atoms with Crippen molar-refractivity contribution in [1.29, 1.82) is 0 Å². The number of nitro groups is 2. The zero-order chi connectivity index (χ0) is 15.6. The molecule has 0 fully saturated rings. The Balaban J connectivity index is 2.65. The van der Waals surface area contributed by atoms with Crippen LogP contribution in [-0.4, -0.2) is 15.6 Å². The fourth-order valence-electron chi connectivity index (χ4n) is 1.74. The lowest BCUT2D eigenvalue weighted by atomic mass is 10.0. The Kier molecular flexibility index (Phi) is 3.95. The average molecular weight is 307 g/mol. The Morgan fingerprint density at radius 3 is 2.14 bits per heavy atom. The Labute approximate surface area is 123 Å². The molecule has 2 rings (SSSR count). The van der Waals surface area contributed by atoms with Crippen LogP contribution < -0.4 is 0 Å². The second-order valence-electron chi connectivity index (χ2n) is 4.04. The van der Waals surface area contributed by atoms with E-state index in [0.717, 1.165) is 12.1 Å². The van der Waals surface area contributed by atoms with Gasteiger partial charge in [0.2, 0.25) is 0 Å². The smallest absolute Gasteiger partial charge is 0.289 e. The van der Waals surface area contributed by atoms with E-state index in [9.17, 15) is 25.0 Å². The van der Waals surface area contributed by atoms with Crippen molar-refractivity contribution in [3.05, 3.63) is 78.8 Å². The van der Waals surface area contributed by atoms with Crippen molar-refractivity contribution in [2.75, 3.05) is 0 Å². The van der Waals surface area contributed by atoms with Crippen molar-refractivity contribution in [2.24, 2.45) is 0 Å². The number of hydrogen-bond donors (Lipinski definition) is 0. The number of halogens is 1. The highest BCUT2D eigenvalue weighted by molar-refractivity contribution is 6.37. The third-order valence-corrected chi connectivity index (χ3v) is 3.12. The van der Waals surface area contributed by atoms with Gasteiger partial charge in [-0.15, -0.1) is 0 Å². The molecular formula is C13H7ClN2O5. The number of rotatable bonds is 4. The standard InChI is InChI=1S/C13H7ClN2O5/c14-12-10(13(17)8-4-2-1-3-5-8)6-9(15(18)19)7-11(12)16(20)21/h1-7H. The van der Waals surface area contributed by atoms with Crippen LogP contribution in [0.3, 0.4) is 0 Å². The quantitative estimate of drug-likeness (QED) is 0.489. The van der Waals surface area contributed by atoms with Gasteiger partial charge < -0.3 is 0 Å². The molecule has 106 valence electrons. The first kappa shape index (κ1) is 14.6. The van der Waals surface area contributed by atoms with E-state index in [1.165, 1.54) is 12.1 Å². The van der Waals surface area contributed by atoms with E-state index >= 15 is 0 Å². The molecule has 0 aliphatic heterocycles. The van der Waals surface area contributed by atoms with Crippen molar-refractivity contribution >= 4 is 28.8 Å². The lowest BCUT2D eigenvalue weighted by molar-refractivity contribution is -0.394. The van der Waals surface area contributed by atoms with Gasteiger partial charge in [-0.3, -0.25) is 25.0 Å². The van der Waals surface area contributed by atoms with Crippen LogP contribution >= 0.6 is 11.6 Å². The van der Waals surface area contributed by atoms with Crippen LogP contribution in [0.1, 0.15) is 15.9 Å². The topological polar surface area (TPSA) is 103 Å². The van der Waals surface area contributed by atoms with Crippen molar-refractivity contribution in [1.82, 2.24) is 0 Å². The Morgan fingerprint density at radius 2 is 1.62 bits per heavy atom. The maximum Gasteiger partial charge on any atom is 0.295 e. The van der Waals surface area contributed by atoms with Crippen LogP contribution in [0, 0.1) is 20.2 Å². The normalized spacial score (nSPS) is 10.1. The molecule has 0 saturated heterocycles. The first-order valence-corrected chi connectivity index (χ1v) is 6.01. The lowest BCUT2D eigenvalue weighted by Crippen LogP contribution is -2.05. The molecule has 0 bridgehead atoms. The molecule has 0 N–H and O–H groups in total. The van der Waals surface area contributed by atoms with Crippen LogP contribution in [-0.2, 0) is 0 Å². The summed E-state index contributed by atoms with van der Waals surface area (Å²) in [6.07, 6.45) is 0. The highest BCUT2D eigenvalue weighted by atomic mass is 35.5. The van der Waals surface area contributed by atoms with Crippen LogP contribution in [0.15, 0.2) is 42.5 Å². The van der Waals surface area contributed by atoms with Crippen LogP contribution in [0.5, 0.6) is 0 Å². The monoisotopic (exact) mass is 306 g/mol. The molecule has 2 aromatic carbocycles. The fourth-order valence-corrected chi connectivity index (χ4v) is 2.01. The Morgan fingerprint density at radius 1 is 1.00 bits per heavy atom. The van der Waals surface area contributed by atoms with Gasteiger partial charge in [0, 0.05) is 11.6 Å². The molecule has 0 heterocycles. The number of nitro benzene ring substituents is 2. The molecule has 0 aliphatic carbocycles. The third kappa shape index (κ3) is 2.87. The van der Waals surface area contributed by atoms with Gasteiger partial charge in [0.1, 0.15) is 5.02 Å². The summed E-state index contributed by atoms with van der Waals surface area (Å²) in [6, 6.07) is 9.54. The summed E-state index contributed by atoms with van der Waals surface area (Å²) in [7, 11) is 0. The van der Waals surface area contributed by atoms with E-state index in [-0.39, 0.29) is 11.1 Å². The summed E-state index contributed by atoms with van der Waals surface area (Å²) in [5.41, 5.74) is -1.28. The van der Waals surface area contributed by atoms with Crippen molar-refractivity contribution in [2.45, 2.75) is 0 Å². The van der Waals surface area contributed by atoms with E-state index < -0.39 is 32.0 Å². The number of hydrogen-bond acceptors (Lipinski definition) is 5. The molecule has 0 saturated carbocycles. The summed E-state index contributed by atoms with van der Waals surface area (Å²) in [6.45, 7) is 0. The van der Waals surface area contributed by atoms with Gasteiger partial charge in [0.15, 0.2) is 5.78 Å². The zero-order valence-corrected chi connectivity index (χ0v) is 11.1. The van der Waals surface area contributed by atoms with Crippen LogP contribution in [0.25, 0.3) is 0 Å². The second-order valence-corrected chi connectivity index (χ2v) is 4.41. The highest BCUT2D eigenvalue weighted by Gasteiger charge is 2.26. The predicted octanol–water partition coefficient (Wildman–Crippen LogP) is 3.39. The molecule has 0 amide bonds. The molecule has 8 heteroatoms. The number of non-ortho nitro benzene ring substituents is 1. The van der Waals surface area contributed by atoms with Crippen molar-refractivity contribution in [3.8, 4) is 0 Å². The summed E-state index contributed by atoms with van der Waals surface area (Å²) >= 11 is 5.84. The SMILES string of the molecule is O=C(c1ccccc1)c1cc([N+](=O)[O-])cc([N+](=O)[O-])c1Cl. The van der Waals surface area contributed by atoms with Crippen LogP contribution in [0.4, 0.5) is 11.4 Å². The number of ketones is 1. The number of nitrogens with zero attached hydrogens (tertiary/aromatic N) is 2. The molecule has 0 unspecified atom stereocenters. The first-order chi connectivity index (χ1) is 9.91. The van der Waals surface area contributed by atoms with Crippen molar-refractivity contribution < 1.29 is 14.6 Å². The molecule has 21 heavy (non-hydrogen) atoms. The van der Waals surface area contributed by atoms with E-state index in [4.69, 9.17) is 11.6 Å². The first-order valence-electron chi connectivity index (χ1n) is 5.64. The fraction of sp³-hybridized carbons (Fsp3) is 0. The maximum absolute atomic E-state index is 12.3. The summed E-state index contributed by atoms with van der Waals surface area (Å²) in [5.74, 6) is -0.618. The van der Waals surface area contributed by atoms with Gasteiger partial charge in [-0.25, -0.2) is 0 Å². The van der Waals surface area contributed by atoms with E-state index in [0.29, 0.717) is 0 Å². The zero-order valence-electron chi connectivity index (χ0n) is 10.4. The number of carbonyl (C=O) groups excluding carboxylic acids is 1. The highest BCUT2D eigenvalue weighted by Crippen LogP contribution is 2.34. The molecular weight excluding hydrogens is 300 g/mol. The largest absolute Gasteiger partial charge is 0.295 e. The van der Waals surface area contributed by atoms with Crippen LogP contribution in [0.2, 0.25) is 5.02 Å². The molecule has 7 nitrogen and oxygen atoms in total. The van der Waals surface area contributed by atoms with E-state index in [1.54, 1.807) is 18.2 Å². The summed E-state index contributed by atoms with van der Waals surface area (Å²) < 4.78 is 0. The molecule has 2 aromatic rings. The minimum absolute atomic E-state index is 0.231. The van der Waals surface area contributed by atoms with Gasteiger partial charge >= 0.3 is 0 Å². The van der Waals surface area contributed by atoms with Gasteiger partial charge in [-0.1, -0.05) is 41.9 Å². The van der Waals surface area contributed by atoms with Gasteiger partial charge in [-0.05, 0) is 0 Å². The molecule has 0 spiro atoms. The summed E-state index contributed by atoms with van der Waals surface area (Å²) in [5, 5.41) is 21.3. The van der Waals surface area contributed by atoms with Gasteiger partial charge in [0.05, 0.1) is 21.5 Å². The average Bonchev–Trinajstić information content (AvgIpc) is 2.47. The van der Waals surface area contributed by atoms with E-state index in [2.05, 4.69) is 0 Å². The molecule has 0 aromatic heterocycles. The molecule has 0 radical (unpaired) electrons. The Bertz CT molecular complexity index is 746. The minimum Gasteiger partial charge on any atom is -0.289 e. The molecule has 0 aliphatic rings. The van der Waals surface area contributed by atoms with Crippen molar-refractivity contribution in [3.63, 3.8) is 0 Å². The second kappa shape index (κ2) is 5.68.